The van der Waals surface area contributed by atoms with Crippen molar-refractivity contribution in [2.45, 2.75) is 6.61 Å². The van der Waals surface area contributed by atoms with Crippen LogP contribution in [-0.4, -0.2) is 15.4 Å². The minimum Gasteiger partial charge on any atom is -0.390 e. The van der Waals surface area contributed by atoms with Gasteiger partial charge in [0.15, 0.2) is 5.01 Å². The van der Waals surface area contributed by atoms with Crippen LogP contribution in [0.25, 0.3) is 0 Å². The summed E-state index contributed by atoms with van der Waals surface area (Å²) >= 11 is 4.63. The first kappa shape index (κ1) is 8.72. The second kappa shape index (κ2) is 4.50. The van der Waals surface area contributed by atoms with Crippen molar-refractivity contribution < 1.29 is 5.11 Å². The first-order chi connectivity index (χ1) is 5.36. The molecule has 1 heterocycles. The molecule has 0 bridgehead atoms. The summed E-state index contributed by atoms with van der Waals surface area (Å²) in [6.07, 6.45) is 0. The lowest BCUT2D eigenvalue weighted by atomic mass is 10.5. The number of hydrogen-bond donors (Lipinski definition) is 1. The zero-order chi connectivity index (χ0) is 8.10. The molecule has 2 nitrogen and oxygen atoms in total. The third-order valence-electron chi connectivity index (χ3n) is 0.976. The fourth-order valence-corrected chi connectivity index (χ4v) is 1.36. The number of alkyl halides is 1. The van der Waals surface area contributed by atoms with Gasteiger partial charge >= 0.3 is 0 Å². The summed E-state index contributed by atoms with van der Waals surface area (Å²) in [5.74, 6) is 5.68. The first-order valence-corrected chi connectivity index (χ1v) is 4.97. The van der Waals surface area contributed by atoms with Gasteiger partial charge in [0.25, 0.3) is 0 Å². The van der Waals surface area contributed by atoms with Crippen LogP contribution < -0.4 is 0 Å². The molecular formula is C7H6BrNOS. The van der Waals surface area contributed by atoms with Gasteiger partial charge in [-0.05, 0) is 5.92 Å². The van der Waals surface area contributed by atoms with E-state index in [1.54, 1.807) is 5.38 Å². The Bertz CT molecular complexity index is 286. The highest BCUT2D eigenvalue weighted by Gasteiger charge is 1.95. The maximum absolute atomic E-state index is 8.66. The second-order valence-corrected chi connectivity index (χ2v) is 3.16. The number of aliphatic hydroxyl groups excluding tert-OH is 1. The van der Waals surface area contributed by atoms with Crippen molar-refractivity contribution in [3.05, 3.63) is 16.1 Å². The van der Waals surface area contributed by atoms with Crippen molar-refractivity contribution >= 4 is 27.3 Å². The largest absolute Gasteiger partial charge is 0.390 e. The number of aromatic nitrogens is 1. The van der Waals surface area contributed by atoms with Crippen LogP contribution in [0, 0.1) is 11.8 Å². The van der Waals surface area contributed by atoms with Gasteiger partial charge < -0.3 is 5.11 Å². The molecule has 11 heavy (non-hydrogen) atoms. The number of hydrogen-bond acceptors (Lipinski definition) is 3. The molecule has 0 unspecified atom stereocenters. The van der Waals surface area contributed by atoms with Crippen LogP contribution in [0.3, 0.4) is 0 Å². The Balaban J connectivity index is 2.72. The number of thiazole rings is 1. The third kappa shape index (κ3) is 2.62. The molecule has 0 aliphatic carbocycles. The average Bonchev–Trinajstić information content (AvgIpc) is 2.48. The van der Waals surface area contributed by atoms with E-state index in [2.05, 4.69) is 32.8 Å². The van der Waals surface area contributed by atoms with Crippen LogP contribution in [0.1, 0.15) is 10.7 Å². The number of halogens is 1. The molecule has 0 spiro atoms. The lowest BCUT2D eigenvalue weighted by Crippen LogP contribution is -1.81. The summed E-state index contributed by atoms with van der Waals surface area (Å²) in [6, 6.07) is 0. The van der Waals surface area contributed by atoms with E-state index in [1.165, 1.54) is 11.3 Å². The zero-order valence-electron chi connectivity index (χ0n) is 5.67. The molecule has 0 saturated heterocycles. The fourth-order valence-electron chi connectivity index (χ4n) is 0.546. The Kier molecular flexibility index (Phi) is 3.57. The number of rotatable bonds is 1. The van der Waals surface area contributed by atoms with Crippen molar-refractivity contribution in [3.63, 3.8) is 0 Å². The Morgan fingerprint density at radius 1 is 1.73 bits per heavy atom. The van der Waals surface area contributed by atoms with Gasteiger partial charge in [0, 0.05) is 5.38 Å². The Morgan fingerprint density at radius 3 is 3.09 bits per heavy atom. The monoisotopic (exact) mass is 231 g/mol. The smallest absolute Gasteiger partial charge is 0.167 e. The Morgan fingerprint density at radius 2 is 2.55 bits per heavy atom. The highest BCUT2D eigenvalue weighted by Crippen LogP contribution is 2.07. The molecule has 0 aliphatic heterocycles. The van der Waals surface area contributed by atoms with Gasteiger partial charge in [0.1, 0.15) is 0 Å². The quantitative estimate of drug-likeness (QED) is 0.586. The molecule has 0 aromatic carbocycles. The fraction of sp³-hybridized carbons (Fsp3) is 0.286. The van der Waals surface area contributed by atoms with E-state index in [1.807, 2.05) is 0 Å². The van der Waals surface area contributed by atoms with Crippen molar-refractivity contribution in [2.24, 2.45) is 0 Å². The van der Waals surface area contributed by atoms with Crippen LogP contribution in [0.4, 0.5) is 0 Å². The van der Waals surface area contributed by atoms with Crippen LogP contribution in [0.15, 0.2) is 5.38 Å². The summed E-state index contributed by atoms with van der Waals surface area (Å²) in [4.78, 5) is 4.04. The van der Waals surface area contributed by atoms with E-state index in [0.717, 1.165) is 5.01 Å². The molecule has 0 amide bonds. The lowest BCUT2D eigenvalue weighted by molar-refractivity contribution is 0.277. The lowest BCUT2D eigenvalue weighted by Gasteiger charge is -1.79. The normalized spacial score (nSPS) is 8.91. The highest BCUT2D eigenvalue weighted by molar-refractivity contribution is 9.09. The molecule has 0 fully saturated rings. The maximum atomic E-state index is 8.66. The molecular weight excluding hydrogens is 226 g/mol. The van der Waals surface area contributed by atoms with Gasteiger partial charge in [0.2, 0.25) is 0 Å². The van der Waals surface area contributed by atoms with Crippen molar-refractivity contribution in [2.75, 3.05) is 5.33 Å². The first-order valence-electron chi connectivity index (χ1n) is 2.97. The zero-order valence-corrected chi connectivity index (χ0v) is 8.07. The molecule has 1 aromatic heterocycles. The van der Waals surface area contributed by atoms with E-state index in [4.69, 9.17) is 5.11 Å². The summed E-state index contributed by atoms with van der Waals surface area (Å²) in [5.41, 5.74) is 0.689. The van der Waals surface area contributed by atoms with Gasteiger partial charge in [-0.15, -0.1) is 11.3 Å². The van der Waals surface area contributed by atoms with E-state index in [0.29, 0.717) is 11.0 Å². The standard InChI is InChI=1S/C7H6BrNOS/c8-3-1-2-7-9-6(4-10)5-11-7/h5,10H,3-4H2. The minimum absolute atomic E-state index is 0.00745. The van der Waals surface area contributed by atoms with E-state index in [9.17, 15) is 0 Å². The van der Waals surface area contributed by atoms with Gasteiger partial charge in [-0.25, -0.2) is 4.98 Å². The van der Waals surface area contributed by atoms with Gasteiger partial charge in [-0.1, -0.05) is 21.9 Å². The predicted octanol–water partition coefficient (Wildman–Crippen LogP) is 1.38. The van der Waals surface area contributed by atoms with Crippen molar-refractivity contribution in [1.29, 1.82) is 0 Å². The van der Waals surface area contributed by atoms with Gasteiger partial charge in [0.05, 0.1) is 17.6 Å². The predicted molar refractivity (Wildman–Crippen MR) is 48.7 cm³/mol. The summed E-state index contributed by atoms with van der Waals surface area (Å²) in [6.45, 7) is -0.00745. The van der Waals surface area contributed by atoms with E-state index < -0.39 is 0 Å². The maximum Gasteiger partial charge on any atom is 0.167 e. The molecule has 1 N–H and O–H groups in total. The van der Waals surface area contributed by atoms with Crippen molar-refractivity contribution in [1.82, 2.24) is 4.98 Å². The van der Waals surface area contributed by atoms with E-state index in [-0.39, 0.29) is 6.61 Å². The molecule has 0 radical (unpaired) electrons. The number of aliphatic hydroxyl groups is 1. The Labute approximate surface area is 77.4 Å². The van der Waals surface area contributed by atoms with Gasteiger partial charge in [-0.2, -0.15) is 0 Å². The molecule has 1 rings (SSSR count). The average molecular weight is 232 g/mol. The van der Waals surface area contributed by atoms with E-state index >= 15 is 0 Å². The summed E-state index contributed by atoms with van der Waals surface area (Å²) in [7, 11) is 0. The third-order valence-corrected chi connectivity index (χ3v) is 2.06. The summed E-state index contributed by atoms with van der Waals surface area (Å²) < 4.78 is 0. The molecule has 1 aromatic rings. The molecule has 0 saturated carbocycles. The SMILES string of the molecule is OCc1csc(C#CCBr)n1. The summed E-state index contributed by atoms with van der Waals surface area (Å²) in [5, 5.41) is 11.9. The topological polar surface area (TPSA) is 33.1 Å². The van der Waals surface area contributed by atoms with Crippen molar-refractivity contribution in [3.8, 4) is 11.8 Å². The minimum atomic E-state index is -0.00745. The molecule has 0 aliphatic rings. The molecule has 58 valence electrons. The number of nitrogens with zero attached hydrogens (tertiary/aromatic N) is 1. The van der Waals surface area contributed by atoms with Crippen LogP contribution in [-0.2, 0) is 6.61 Å². The highest BCUT2D eigenvalue weighted by atomic mass is 79.9. The van der Waals surface area contributed by atoms with Crippen LogP contribution in [0.5, 0.6) is 0 Å². The van der Waals surface area contributed by atoms with Gasteiger partial charge in [-0.3, -0.25) is 0 Å². The Hall–Kier alpha value is -0.370. The van der Waals surface area contributed by atoms with Crippen LogP contribution in [0.2, 0.25) is 0 Å². The van der Waals surface area contributed by atoms with Crippen LogP contribution >= 0.6 is 27.3 Å². The second-order valence-electron chi connectivity index (χ2n) is 1.74. The molecule has 4 heteroatoms. The molecule has 0 atom stereocenters.